The SMILES string of the molecule is N=C(N)c1cc2cc(-c3cc(CC(=O)NCC4CCCO4)cc(-c4ccccc4)c3O)[nH]c2cc1Cl. The number of hydrogen-bond donors (Lipinski definition) is 5. The van der Waals surface area contributed by atoms with E-state index in [0.717, 1.165) is 41.5 Å². The summed E-state index contributed by atoms with van der Waals surface area (Å²) < 4.78 is 5.60. The summed E-state index contributed by atoms with van der Waals surface area (Å²) in [5, 5.41) is 23.2. The number of aromatic amines is 1. The minimum Gasteiger partial charge on any atom is -0.507 e. The fraction of sp³-hybridized carbons (Fsp3) is 0.214. The molecule has 7 nitrogen and oxygen atoms in total. The van der Waals surface area contributed by atoms with E-state index in [0.29, 0.717) is 34.0 Å². The molecule has 6 N–H and O–H groups in total. The number of fused-ring (bicyclic) bond motifs is 1. The molecule has 4 aromatic rings. The van der Waals surface area contributed by atoms with E-state index in [2.05, 4.69) is 10.3 Å². The van der Waals surface area contributed by atoms with Crippen molar-refractivity contribution in [2.45, 2.75) is 25.4 Å². The molecule has 1 aromatic heterocycles. The van der Waals surface area contributed by atoms with Crippen LogP contribution in [0.15, 0.2) is 60.7 Å². The van der Waals surface area contributed by atoms with Gasteiger partial charge in [-0.25, -0.2) is 0 Å². The van der Waals surface area contributed by atoms with Crippen molar-refractivity contribution in [2.75, 3.05) is 13.2 Å². The fourth-order valence-corrected chi connectivity index (χ4v) is 4.89. The summed E-state index contributed by atoms with van der Waals surface area (Å²) in [6.45, 7) is 1.24. The number of benzene rings is 3. The van der Waals surface area contributed by atoms with Crippen LogP contribution in [0.4, 0.5) is 0 Å². The van der Waals surface area contributed by atoms with Crippen molar-refractivity contribution in [1.29, 1.82) is 5.41 Å². The summed E-state index contributed by atoms with van der Waals surface area (Å²) in [5.41, 5.74) is 10.3. The quantitative estimate of drug-likeness (QED) is 0.180. The van der Waals surface area contributed by atoms with Crippen LogP contribution < -0.4 is 11.1 Å². The number of nitrogens with one attached hydrogen (secondary N) is 3. The monoisotopic (exact) mass is 502 g/mol. The summed E-state index contributed by atoms with van der Waals surface area (Å²) in [7, 11) is 0. The molecule has 5 rings (SSSR count). The molecule has 1 unspecified atom stereocenters. The Morgan fingerprint density at radius 2 is 1.94 bits per heavy atom. The molecule has 0 bridgehead atoms. The maximum absolute atomic E-state index is 12.7. The molecule has 2 heterocycles. The topological polar surface area (TPSA) is 124 Å². The number of nitrogen functional groups attached to an aromatic ring is 1. The number of hydrogen-bond acceptors (Lipinski definition) is 4. The van der Waals surface area contributed by atoms with Crippen LogP contribution in [0.25, 0.3) is 33.3 Å². The Balaban J connectivity index is 1.53. The third kappa shape index (κ3) is 4.94. The normalized spacial score (nSPS) is 15.3. The van der Waals surface area contributed by atoms with Crippen LogP contribution in [0, 0.1) is 5.41 Å². The van der Waals surface area contributed by atoms with Crippen molar-refractivity contribution in [1.82, 2.24) is 10.3 Å². The third-order valence-corrected chi connectivity index (χ3v) is 6.77. The largest absolute Gasteiger partial charge is 0.507 e. The van der Waals surface area contributed by atoms with Crippen LogP contribution in [0.1, 0.15) is 24.0 Å². The summed E-state index contributed by atoms with van der Waals surface area (Å²) >= 11 is 6.31. The van der Waals surface area contributed by atoms with E-state index in [9.17, 15) is 9.90 Å². The lowest BCUT2D eigenvalue weighted by molar-refractivity contribution is -0.120. The van der Waals surface area contributed by atoms with Crippen LogP contribution in [0.5, 0.6) is 5.75 Å². The molecular formula is C28H27ClN4O3. The highest BCUT2D eigenvalue weighted by molar-refractivity contribution is 6.34. The van der Waals surface area contributed by atoms with Crippen LogP contribution in [0.3, 0.4) is 0 Å². The van der Waals surface area contributed by atoms with E-state index in [1.807, 2.05) is 48.5 Å². The van der Waals surface area contributed by atoms with Gasteiger partial charge in [-0.2, -0.15) is 0 Å². The fourth-order valence-electron chi connectivity index (χ4n) is 4.63. The lowest BCUT2D eigenvalue weighted by Crippen LogP contribution is -2.32. The van der Waals surface area contributed by atoms with Gasteiger partial charge in [0.1, 0.15) is 11.6 Å². The molecule has 0 spiro atoms. The first-order chi connectivity index (χ1) is 17.4. The van der Waals surface area contributed by atoms with Crippen molar-refractivity contribution in [3.8, 4) is 28.1 Å². The summed E-state index contributed by atoms with van der Waals surface area (Å²) in [4.78, 5) is 16.1. The van der Waals surface area contributed by atoms with Crippen molar-refractivity contribution >= 4 is 34.2 Å². The van der Waals surface area contributed by atoms with Gasteiger partial charge < -0.3 is 25.9 Å². The second-order valence-corrected chi connectivity index (χ2v) is 9.44. The number of amidine groups is 1. The van der Waals surface area contributed by atoms with Crippen molar-refractivity contribution in [3.05, 3.63) is 76.8 Å². The number of phenols is 1. The zero-order chi connectivity index (χ0) is 25.2. The van der Waals surface area contributed by atoms with Crippen molar-refractivity contribution in [3.63, 3.8) is 0 Å². The average Bonchev–Trinajstić information content (AvgIpc) is 3.53. The molecule has 8 heteroatoms. The summed E-state index contributed by atoms with van der Waals surface area (Å²) in [5.74, 6) is -0.111. The number of rotatable bonds is 7. The minimum absolute atomic E-state index is 0.0716. The molecule has 3 aromatic carbocycles. The number of aromatic hydroxyl groups is 1. The molecule has 0 aliphatic carbocycles. The Kier molecular flexibility index (Phi) is 6.67. The first-order valence-electron chi connectivity index (χ1n) is 11.9. The van der Waals surface area contributed by atoms with E-state index in [1.54, 1.807) is 12.1 Å². The molecule has 36 heavy (non-hydrogen) atoms. The van der Waals surface area contributed by atoms with Gasteiger partial charge in [-0.15, -0.1) is 0 Å². The molecule has 1 aliphatic rings. The highest BCUT2D eigenvalue weighted by Gasteiger charge is 2.19. The second-order valence-electron chi connectivity index (χ2n) is 9.04. The smallest absolute Gasteiger partial charge is 0.224 e. The molecule has 0 saturated carbocycles. The van der Waals surface area contributed by atoms with E-state index < -0.39 is 0 Å². The van der Waals surface area contributed by atoms with E-state index in [4.69, 9.17) is 27.5 Å². The van der Waals surface area contributed by atoms with Crippen LogP contribution >= 0.6 is 11.6 Å². The number of phenolic OH excluding ortho intramolecular Hbond substituents is 1. The maximum Gasteiger partial charge on any atom is 0.224 e. The van der Waals surface area contributed by atoms with E-state index in [-0.39, 0.29) is 30.0 Å². The first-order valence-corrected chi connectivity index (χ1v) is 12.2. The standard InChI is InChI=1S/C28H27ClN4O3/c29-23-14-24-18(12-21(23)28(30)31)13-25(33-24)22-10-16(11-26(34)32-15-19-7-4-8-36-19)9-20(27(22)35)17-5-2-1-3-6-17/h1-3,5-6,9-10,12-14,19,33,35H,4,7-8,11,15H2,(H3,30,31)(H,32,34). The zero-order valence-corrected chi connectivity index (χ0v) is 20.4. The van der Waals surface area contributed by atoms with Crippen molar-refractivity contribution in [2.24, 2.45) is 5.73 Å². The molecule has 1 fully saturated rings. The molecule has 1 amide bonds. The number of carbonyl (C=O) groups is 1. The van der Waals surface area contributed by atoms with Gasteiger partial charge in [-0.05, 0) is 54.3 Å². The van der Waals surface area contributed by atoms with E-state index >= 15 is 0 Å². The molecular weight excluding hydrogens is 476 g/mol. The Bertz CT molecular complexity index is 1440. The number of H-pyrrole nitrogens is 1. The average molecular weight is 503 g/mol. The Labute approximate surface area is 213 Å². The van der Waals surface area contributed by atoms with Gasteiger partial charge in [-0.3, -0.25) is 10.2 Å². The van der Waals surface area contributed by atoms with Gasteiger partial charge in [0.05, 0.1) is 23.2 Å². The lowest BCUT2D eigenvalue weighted by Gasteiger charge is -2.14. The van der Waals surface area contributed by atoms with Gasteiger partial charge in [0.2, 0.25) is 5.91 Å². The zero-order valence-electron chi connectivity index (χ0n) is 19.6. The molecule has 1 aliphatic heterocycles. The molecule has 1 saturated heterocycles. The van der Waals surface area contributed by atoms with Gasteiger partial charge >= 0.3 is 0 Å². The predicted octanol–water partition coefficient (Wildman–Crippen LogP) is 4.98. The number of amides is 1. The number of nitrogens with two attached hydrogens (primary N) is 1. The van der Waals surface area contributed by atoms with Gasteiger partial charge in [0.15, 0.2) is 0 Å². The Morgan fingerprint density at radius 3 is 2.67 bits per heavy atom. The van der Waals surface area contributed by atoms with Crippen LogP contribution in [-0.4, -0.2) is 41.1 Å². The number of carbonyl (C=O) groups excluding carboxylic acids is 1. The van der Waals surface area contributed by atoms with Crippen LogP contribution in [0.2, 0.25) is 5.02 Å². The van der Waals surface area contributed by atoms with Crippen molar-refractivity contribution < 1.29 is 14.6 Å². The minimum atomic E-state index is -0.116. The summed E-state index contributed by atoms with van der Waals surface area (Å²) in [6.07, 6.45) is 2.21. The Morgan fingerprint density at radius 1 is 1.17 bits per heavy atom. The van der Waals surface area contributed by atoms with E-state index in [1.165, 1.54) is 0 Å². The highest BCUT2D eigenvalue weighted by atomic mass is 35.5. The number of aromatic nitrogens is 1. The maximum atomic E-state index is 12.7. The Hall–Kier alpha value is -3.81. The van der Waals surface area contributed by atoms with Gasteiger partial charge in [0, 0.05) is 40.7 Å². The number of halogens is 1. The predicted molar refractivity (Wildman–Crippen MR) is 143 cm³/mol. The third-order valence-electron chi connectivity index (χ3n) is 6.46. The van der Waals surface area contributed by atoms with Crippen LogP contribution in [-0.2, 0) is 16.0 Å². The highest BCUT2D eigenvalue weighted by Crippen LogP contribution is 2.40. The summed E-state index contributed by atoms with van der Waals surface area (Å²) in [6, 6.07) is 18.6. The number of ether oxygens (including phenoxy) is 1. The molecule has 1 atom stereocenters. The molecule has 0 radical (unpaired) electrons. The second kappa shape index (κ2) is 10.0. The first kappa shape index (κ1) is 23.9. The van der Waals surface area contributed by atoms with Gasteiger partial charge in [-0.1, -0.05) is 41.9 Å². The molecule has 184 valence electrons. The van der Waals surface area contributed by atoms with Gasteiger partial charge in [0.25, 0.3) is 0 Å². The lowest BCUT2D eigenvalue weighted by atomic mass is 9.95.